The molecule has 4 nitrogen and oxygen atoms in total. The van der Waals surface area contributed by atoms with Gasteiger partial charge in [0.1, 0.15) is 11.3 Å². The molecule has 4 heteroatoms. The molecule has 1 atom stereocenters. The molecule has 0 unspecified atom stereocenters. The average molecular weight is 230 g/mol. The Hall–Kier alpha value is -1.42. The molecule has 3 rings (SSSR count). The number of hydrogen-bond donors (Lipinski definition) is 1. The molecule has 0 spiro atoms. The normalized spacial score (nSPS) is 20.9. The standard InChI is InChI=1S/C13H18N4/c1-10-16-12-5-3-7-15-13(12)17(10)9-11-4-2-6-14-8-11/h3,5,7,11,14H,2,4,6,8-9H2,1H3/t11-/m1/s1. The van der Waals surface area contributed by atoms with Crippen LogP contribution < -0.4 is 5.32 Å². The van der Waals surface area contributed by atoms with Crippen LogP contribution in [0.3, 0.4) is 0 Å². The van der Waals surface area contributed by atoms with Gasteiger partial charge in [-0.2, -0.15) is 0 Å². The summed E-state index contributed by atoms with van der Waals surface area (Å²) < 4.78 is 2.26. The number of aromatic nitrogens is 3. The van der Waals surface area contributed by atoms with Gasteiger partial charge in [-0.25, -0.2) is 9.97 Å². The first kappa shape index (κ1) is 10.7. The highest BCUT2D eigenvalue weighted by Crippen LogP contribution is 2.18. The van der Waals surface area contributed by atoms with Gasteiger partial charge >= 0.3 is 0 Å². The van der Waals surface area contributed by atoms with E-state index in [-0.39, 0.29) is 0 Å². The van der Waals surface area contributed by atoms with Crippen molar-refractivity contribution < 1.29 is 0 Å². The SMILES string of the molecule is Cc1nc2cccnc2n1C[C@@H]1CCCNC1. The van der Waals surface area contributed by atoms with Crippen LogP contribution in [0.5, 0.6) is 0 Å². The number of aryl methyl sites for hydroxylation is 1. The van der Waals surface area contributed by atoms with E-state index in [2.05, 4.69) is 26.8 Å². The van der Waals surface area contributed by atoms with E-state index in [1.807, 2.05) is 18.3 Å². The molecule has 0 aliphatic carbocycles. The Morgan fingerprint density at radius 1 is 1.53 bits per heavy atom. The van der Waals surface area contributed by atoms with Crippen LogP contribution in [-0.2, 0) is 6.54 Å². The highest BCUT2D eigenvalue weighted by atomic mass is 15.1. The summed E-state index contributed by atoms with van der Waals surface area (Å²) in [5.41, 5.74) is 2.03. The largest absolute Gasteiger partial charge is 0.316 e. The van der Waals surface area contributed by atoms with Crippen LogP contribution in [0, 0.1) is 12.8 Å². The van der Waals surface area contributed by atoms with Gasteiger partial charge in [-0.05, 0) is 50.9 Å². The summed E-state index contributed by atoms with van der Waals surface area (Å²) in [6.07, 6.45) is 4.43. The lowest BCUT2D eigenvalue weighted by Crippen LogP contribution is -2.32. The number of nitrogens with zero attached hydrogens (tertiary/aromatic N) is 3. The van der Waals surface area contributed by atoms with Gasteiger partial charge < -0.3 is 9.88 Å². The molecule has 1 aliphatic rings. The van der Waals surface area contributed by atoms with E-state index in [1.54, 1.807) is 0 Å². The van der Waals surface area contributed by atoms with Gasteiger partial charge in [-0.3, -0.25) is 0 Å². The van der Waals surface area contributed by atoms with Crippen molar-refractivity contribution in [2.75, 3.05) is 13.1 Å². The number of pyridine rings is 1. The Morgan fingerprint density at radius 2 is 2.47 bits per heavy atom. The molecule has 0 saturated carbocycles. The maximum Gasteiger partial charge on any atom is 0.159 e. The first-order chi connectivity index (χ1) is 8.34. The lowest BCUT2D eigenvalue weighted by atomic mass is 10.00. The van der Waals surface area contributed by atoms with E-state index < -0.39 is 0 Å². The summed E-state index contributed by atoms with van der Waals surface area (Å²) in [6, 6.07) is 3.98. The molecule has 1 aliphatic heterocycles. The van der Waals surface area contributed by atoms with Gasteiger partial charge in [0.25, 0.3) is 0 Å². The van der Waals surface area contributed by atoms with Crippen molar-refractivity contribution in [1.29, 1.82) is 0 Å². The molecule has 1 fully saturated rings. The van der Waals surface area contributed by atoms with Crippen molar-refractivity contribution in [3.8, 4) is 0 Å². The summed E-state index contributed by atoms with van der Waals surface area (Å²) in [7, 11) is 0. The predicted molar refractivity (Wildman–Crippen MR) is 67.9 cm³/mol. The summed E-state index contributed by atoms with van der Waals surface area (Å²) in [5, 5.41) is 3.46. The smallest absolute Gasteiger partial charge is 0.159 e. The minimum atomic E-state index is 0.710. The van der Waals surface area contributed by atoms with Crippen LogP contribution in [0.1, 0.15) is 18.7 Å². The van der Waals surface area contributed by atoms with Gasteiger partial charge in [-0.15, -0.1) is 0 Å². The minimum absolute atomic E-state index is 0.710. The maximum atomic E-state index is 4.56. The number of fused-ring (bicyclic) bond motifs is 1. The summed E-state index contributed by atoms with van der Waals surface area (Å²) >= 11 is 0. The fourth-order valence-electron chi connectivity index (χ4n) is 2.63. The molecule has 1 N–H and O–H groups in total. The van der Waals surface area contributed by atoms with Crippen molar-refractivity contribution in [3.05, 3.63) is 24.2 Å². The lowest BCUT2D eigenvalue weighted by molar-refractivity contribution is 0.337. The lowest BCUT2D eigenvalue weighted by Gasteiger charge is -2.23. The molecular weight excluding hydrogens is 212 g/mol. The average Bonchev–Trinajstić information content (AvgIpc) is 2.68. The van der Waals surface area contributed by atoms with Crippen molar-refractivity contribution in [2.24, 2.45) is 5.92 Å². The van der Waals surface area contributed by atoms with E-state index in [0.717, 1.165) is 30.1 Å². The van der Waals surface area contributed by atoms with Crippen molar-refractivity contribution in [1.82, 2.24) is 19.9 Å². The molecule has 90 valence electrons. The van der Waals surface area contributed by atoms with Gasteiger partial charge in [0.2, 0.25) is 0 Å². The van der Waals surface area contributed by atoms with Crippen LogP contribution in [0.25, 0.3) is 11.2 Å². The van der Waals surface area contributed by atoms with E-state index in [1.165, 1.54) is 19.4 Å². The summed E-state index contributed by atoms with van der Waals surface area (Å²) in [5.74, 6) is 1.78. The van der Waals surface area contributed by atoms with Crippen LogP contribution in [0.2, 0.25) is 0 Å². The van der Waals surface area contributed by atoms with Crippen molar-refractivity contribution >= 4 is 11.2 Å². The molecule has 3 heterocycles. The molecule has 17 heavy (non-hydrogen) atoms. The first-order valence-corrected chi connectivity index (χ1v) is 6.33. The second-order valence-corrected chi connectivity index (χ2v) is 4.83. The third kappa shape index (κ3) is 2.05. The molecule has 2 aromatic rings. The molecule has 0 aromatic carbocycles. The topological polar surface area (TPSA) is 42.7 Å². The minimum Gasteiger partial charge on any atom is -0.316 e. The van der Waals surface area contributed by atoms with E-state index in [9.17, 15) is 0 Å². The molecule has 2 aromatic heterocycles. The number of imidazole rings is 1. The van der Waals surface area contributed by atoms with Crippen molar-refractivity contribution in [3.63, 3.8) is 0 Å². The molecular formula is C13H18N4. The third-order valence-electron chi connectivity index (χ3n) is 3.53. The zero-order valence-electron chi connectivity index (χ0n) is 10.2. The number of hydrogen-bond acceptors (Lipinski definition) is 3. The zero-order valence-corrected chi connectivity index (χ0v) is 10.2. The van der Waals surface area contributed by atoms with Crippen molar-refractivity contribution in [2.45, 2.75) is 26.3 Å². The van der Waals surface area contributed by atoms with Gasteiger partial charge in [0, 0.05) is 12.7 Å². The predicted octanol–water partition coefficient (Wildman–Crippen LogP) is 1.74. The van der Waals surface area contributed by atoms with E-state index in [4.69, 9.17) is 0 Å². The van der Waals surface area contributed by atoms with Crippen LogP contribution >= 0.6 is 0 Å². The first-order valence-electron chi connectivity index (χ1n) is 6.33. The fraction of sp³-hybridized carbons (Fsp3) is 0.538. The Bertz CT molecular complexity index is 511. The second-order valence-electron chi connectivity index (χ2n) is 4.83. The molecule has 0 amide bonds. The van der Waals surface area contributed by atoms with Crippen LogP contribution in [-0.4, -0.2) is 27.6 Å². The number of nitrogens with one attached hydrogen (secondary N) is 1. The highest BCUT2D eigenvalue weighted by molar-refractivity contribution is 5.70. The Balaban J connectivity index is 1.90. The Morgan fingerprint density at radius 3 is 3.29 bits per heavy atom. The molecule has 0 radical (unpaired) electrons. The zero-order chi connectivity index (χ0) is 11.7. The van der Waals surface area contributed by atoms with Crippen LogP contribution in [0.4, 0.5) is 0 Å². The fourth-order valence-corrected chi connectivity index (χ4v) is 2.63. The Kier molecular flexibility index (Phi) is 2.81. The van der Waals surface area contributed by atoms with E-state index >= 15 is 0 Å². The van der Waals surface area contributed by atoms with Gasteiger partial charge in [-0.1, -0.05) is 0 Å². The highest BCUT2D eigenvalue weighted by Gasteiger charge is 2.16. The Labute approximate surface area is 101 Å². The maximum absolute atomic E-state index is 4.56. The second kappa shape index (κ2) is 4.45. The third-order valence-corrected chi connectivity index (χ3v) is 3.53. The summed E-state index contributed by atoms with van der Waals surface area (Å²) in [6.45, 7) is 5.38. The van der Waals surface area contributed by atoms with Crippen LogP contribution in [0.15, 0.2) is 18.3 Å². The summed E-state index contributed by atoms with van der Waals surface area (Å²) in [4.78, 5) is 9.01. The number of piperidine rings is 1. The number of rotatable bonds is 2. The monoisotopic (exact) mass is 230 g/mol. The van der Waals surface area contributed by atoms with Gasteiger partial charge in [0.15, 0.2) is 5.65 Å². The van der Waals surface area contributed by atoms with E-state index in [0.29, 0.717) is 5.92 Å². The van der Waals surface area contributed by atoms with Gasteiger partial charge in [0.05, 0.1) is 0 Å². The quantitative estimate of drug-likeness (QED) is 0.854. The molecule has 1 saturated heterocycles. The molecule has 0 bridgehead atoms.